The second-order valence-electron chi connectivity index (χ2n) is 9.25. The first-order chi connectivity index (χ1) is 13.8. The fourth-order valence-corrected chi connectivity index (χ4v) is 6.36. The van der Waals surface area contributed by atoms with Crippen LogP contribution in [0.3, 0.4) is 0 Å². The minimum atomic E-state index is -0.644. The van der Waals surface area contributed by atoms with Crippen LogP contribution >= 0.6 is 0 Å². The summed E-state index contributed by atoms with van der Waals surface area (Å²) < 4.78 is 0. The van der Waals surface area contributed by atoms with Crippen LogP contribution in [0.25, 0.3) is 0 Å². The highest BCUT2D eigenvalue weighted by atomic mass is 16.2. The Morgan fingerprint density at radius 2 is 1.55 bits per heavy atom. The van der Waals surface area contributed by atoms with E-state index in [1.54, 1.807) is 13.8 Å². The summed E-state index contributed by atoms with van der Waals surface area (Å²) in [4.78, 5) is 40.6. The lowest BCUT2D eigenvalue weighted by atomic mass is 9.57. The molecule has 1 spiro atoms. The maximum atomic E-state index is 13.4. The van der Waals surface area contributed by atoms with E-state index < -0.39 is 5.92 Å². The summed E-state index contributed by atoms with van der Waals surface area (Å²) in [5.74, 6) is 6.10. The van der Waals surface area contributed by atoms with Crippen LogP contribution in [-0.4, -0.2) is 35.5 Å². The average Bonchev–Trinajstić information content (AvgIpc) is 2.81. The summed E-state index contributed by atoms with van der Waals surface area (Å²) in [6.45, 7) is 8.76. The Bertz CT molecular complexity index is 907. The van der Waals surface area contributed by atoms with Crippen LogP contribution in [0.1, 0.15) is 67.7 Å². The largest absolute Gasteiger partial charge is 0.342 e. The van der Waals surface area contributed by atoms with Gasteiger partial charge >= 0.3 is 0 Å². The normalized spacial score (nSPS) is 31.0. The fraction of sp³-hybridized carbons (Fsp3) is 0.560. The zero-order valence-electron chi connectivity index (χ0n) is 17.8. The standard InChI is InChI=1S/C25H29NO3/c1-5-6-18-9-15(2)23(16(3)10-18)24-21(28)11-25(12-22(24)29)19-7-8-20(25)14-26(13-19)17(4)27/h9-10,19-20,24H,7-8,11-14H2,1-4H3. The molecule has 4 nitrogen and oxygen atoms in total. The van der Waals surface area contributed by atoms with Crippen LogP contribution in [0.4, 0.5) is 0 Å². The molecule has 2 bridgehead atoms. The number of amides is 1. The number of nitrogens with zero attached hydrogens (tertiary/aromatic N) is 1. The van der Waals surface area contributed by atoms with Crippen molar-refractivity contribution in [2.24, 2.45) is 17.3 Å². The number of carbonyl (C=O) groups excluding carboxylic acids is 3. The highest BCUT2D eigenvalue weighted by Crippen LogP contribution is 2.59. The molecule has 4 heteroatoms. The molecule has 3 fully saturated rings. The number of ketones is 2. The van der Waals surface area contributed by atoms with Crippen molar-refractivity contribution in [3.63, 3.8) is 0 Å². The van der Waals surface area contributed by atoms with Gasteiger partial charge in [-0.05, 0) is 79.7 Å². The third-order valence-corrected chi connectivity index (χ3v) is 7.62. The molecule has 1 aromatic rings. The van der Waals surface area contributed by atoms with Crippen LogP contribution < -0.4 is 0 Å². The van der Waals surface area contributed by atoms with Crippen molar-refractivity contribution in [2.45, 2.75) is 59.3 Å². The van der Waals surface area contributed by atoms with Gasteiger partial charge in [0.25, 0.3) is 0 Å². The van der Waals surface area contributed by atoms with Crippen molar-refractivity contribution >= 4 is 17.5 Å². The van der Waals surface area contributed by atoms with Crippen LogP contribution in [-0.2, 0) is 14.4 Å². The topological polar surface area (TPSA) is 54.5 Å². The van der Waals surface area contributed by atoms with E-state index in [4.69, 9.17) is 0 Å². The van der Waals surface area contributed by atoms with Gasteiger partial charge in [-0.3, -0.25) is 14.4 Å². The fourth-order valence-electron chi connectivity index (χ4n) is 6.36. The molecular weight excluding hydrogens is 362 g/mol. The van der Waals surface area contributed by atoms with Crippen molar-refractivity contribution in [1.29, 1.82) is 0 Å². The second kappa shape index (κ2) is 7.13. The van der Waals surface area contributed by atoms with Gasteiger partial charge in [0, 0.05) is 38.4 Å². The Morgan fingerprint density at radius 1 is 1.03 bits per heavy atom. The molecule has 152 valence electrons. The molecule has 1 saturated heterocycles. The number of carbonyl (C=O) groups is 3. The number of Topliss-reactive ketones (excluding diaryl/α,β-unsaturated/α-hetero) is 2. The predicted molar refractivity (Wildman–Crippen MR) is 111 cm³/mol. The molecule has 0 N–H and O–H groups in total. The van der Waals surface area contributed by atoms with Gasteiger partial charge in [-0.15, -0.1) is 5.92 Å². The quantitative estimate of drug-likeness (QED) is 0.543. The zero-order valence-corrected chi connectivity index (χ0v) is 17.8. The molecule has 1 aromatic carbocycles. The molecule has 2 aliphatic carbocycles. The van der Waals surface area contributed by atoms with Gasteiger partial charge in [0.15, 0.2) is 0 Å². The van der Waals surface area contributed by atoms with E-state index in [0.29, 0.717) is 25.9 Å². The van der Waals surface area contributed by atoms with Gasteiger partial charge in [0.05, 0.1) is 0 Å². The SMILES string of the molecule is CC#Cc1cc(C)c(C2C(=O)CC3(CC2=O)C2CCC3CN(C(C)=O)C2)c(C)c1. The number of aryl methyl sites for hydroxylation is 2. The van der Waals surface area contributed by atoms with E-state index in [1.807, 2.05) is 30.9 Å². The summed E-state index contributed by atoms with van der Waals surface area (Å²) >= 11 is 0. The monoisotopic (exact) mass is 391 g/mol. The molecule has 1 amide bonds. The molecule has 0 aromatic heterocycles. The van der Waals surface area contributed by atoms with E-state index in [0.717, 1.165) is 35.1 Å². The smallest absolute Gasteiger partial charge is 0.219 e. The maximum Gasteiger partial charge on any atom is 0.219 e. The third-order valence-electron chi connectivity index (χ3n) is 7.62. The number of hydrogen-bond donors (Lipinski definition) is 0. The van der Waals surface area contributed by atoms with Crippen molar-refractivity contribution in [3.8, 4) is 11.8 Å². The summed E-state index contributed by atoms with van der Waals surface area (Å²) in [6, 6.07) is 3.97. The summed E-state index contributed by atoms with van der Waals surface area (Å²) in [7, 11) is 0. The van der Waals surface area contributed by atoms with Gasteiger partial charge in [0.2, 0.25) is 5.91 Å². The van der Waals surface area contributed by atoms with Crippen molar-refractivity contribution in [1.82, 2.24) is 4.90 Å². The lowest BCUT2D eigenvalue weighted by molar-refractivity contribution is -0.145. The maximum absolute atomic E-state index is 13.4. The van der Waals surface area contributed by atoms with E-state index >= 15 is 0 Å². The van der Waals surface area contributed by atoms with E-state index in [1.165, 1.54) is 0 Å². The highest BCUT2D eigenvalue weighted by molar-refractivity contribution is 6.10. The van der Waals surface area contributed by atoms with E-state index in [-0.39, 0.29) is 34.7 Å². The first-order valence-electron chi connectivity index (χ1n) is 10.6. The minimum absolute atomic E-state index is 0.0648. The minimum Gasteiger partial charge on any atom is -0.342 e. The van der Waals surface area contributed by atoms with Crippen molar-refractivity contribution < 1.29 is 14.4 Å². The van der Waals surface area contributed by atoms with Crippen LogP contribution in [0.5, 0.6) is 0 Å². The lowest BCUT2D eigenvalue weighted by Crippen LogP contribution is -2.55. The molecule has 2 atom stereocenters. The molecule has 2 saturated carbocycles. The second-order valence-corrected chi connectivity index (χ2v) is 9.25. The third kappa shape index (κ3) is 3.12. The van der Waals surface area contributed by atoms with Gasteiger partial charge < -0.3 is 4.90 Å². The molecule has 29 heavy (non-hydrogen) atoms. The summed E-state index contributed by atoms with van der Waals surface area (Å²) in [5.41, 5.74) is 3.52. The lowest BCUT2D eigenvalue weighted by Gasteiger charge is -2.50. The van der Waals surface area contributed by atoms with Crippen molar-refractivity contribution in [3.05, 3.63) is 34.4 Å². The number of hydrogen-bond acceptors (Lipinski definition) is 3. The first-order valence-corrected chi connectivity index (χ1v) is 10.6. The first kappa shape index (κ1) is 19.9. The molecule has 2 unspecified atom stereocenters. The van der Waals surface area contributed by atoms with Gasteiger partial charge in [-0.25, -0.2) is 0 Å². The van der Waals surface area contributed by atoms with Crippen molar-refractivity contribution in [2.75, 3.05) is 13.1 Å². The Kier molecular flexibility index (Phi) is 4.89. The molecular formula is C25H29NO3. The number of benzene rings is 1. The average molecular weight is 392 g/mol. The van der Waals surface area contributed by atoms with Crippen LogP contribution in [0, 0.1) is 42.9 Å². The Hall–Kier alpha value is -2.41. The zero-order chi connectivity index (χ0) is 20.9. The van der Waals surface area contributed by atoms with Gasteiger partial charge in [0.1, 0.15) is 17.5 Å². The molecule has 0 radical (unpaired) electrons. The van der Waals surface area contributed by atoms with Crippen LogP contribution in [0.2, 0.25) is 0 Å². The Balaban J connectivity index is 1.65. The summed E-state index contributed by atoms with van der Waals surface area (Å²) in [6.07, 6.45) is 2.98. The molecule has 1 heterocycles. The highest BCUT2D eigenvalue weighted by Gasteiger charge is 2.59. The molecule has 3 aliphatic rings. The van der Waals surface area contributed by atoms with E-state index in [2.05, 4.69) is 11.8 Å². The Labute approximate surface area is 173 Å². The molecule has 1 aliphatic heterocycles. The van der Waals surface area contributed by atoms with Gasteiger partial charge in [-0.1, -0.05) is 5.92 Å². The predicted octanol–water partition coefficient (Wildman–Crippen LogP) is 3.57. The number of likely N-dealkylation sites (tertiary alicyclic amines) is 1. The van der Waals surface area contributed by atoms with E-state index in [9.17, 15) is 14.4 Å². The molecule has 4 rings (SSSR count). The Morgan fingerprint density at radius 3 is 2.00 bits per heavy atom. The van der Waals surface area contributed by atoms with Gasteiger partial charge in [-0.2, -0.15) is 0 Å². The number of rotatable bonds is 1. The summed E-state index contributed by atoms with van der Waals surface area (Å²) in [5, 5.41) is 0. The number of piperidine rings is 1. The van der Waals surface area contributed by atoms with Crippen LogP contribution in [0.15, 0.2) is 12.1 Å².